The molecule has 1 amide bonds. The van der Waals surface area contributed by atoms with E-state index in [0.717, 1.165) is 37.2 Å². The summed E-state index contributed by atoms with van der Waals surface area (Å²) in [5.41, 5.74) is 6.94. The zero-order chi connectivity index (χ0) is 14.5. The number of rotatable bonds is 6. The number of anilines is 1. The number of hydrogen-bond acceptors (Lipinski definition) is 2. The van der Waals surface area contributed by atoms with Crippen LogP contribution in [-0.2, 0) is 10.2 Å². The number of likely N-dealkylation sites (N-methyl/N-ethyl adjacent to an activating group) is 1. The maximum Gasteiger partial charge on any atom is 0.232 e. The van der Waals surface area contributed by atoms with Crippen molar-refractivity contribution in [3.05, 3.63) is 29.8 Å². The number of unbranched alkanes of at least 4 members (excludes halogenated alkanes) is 1. The van der Waals surface area contributed by atoms with Crippen molar-refractivity contribution in [3.8, 4) is 0 Å². The predicted molar refractivity (Wildman–Crippen MR) is 81.0 cm³/mol. The van der Waals surface area contributed by atoms with Gasteiger partial charge in [0.15, 0.2) is 0 Å². The van der Waals surface area contributed by atoms with E-state index in [1.54, 1.807) is 0 Å². The van der Waals surface area contributed by atoms with Gasteiger partial charge in [-0.2, -0.15) is 0 Å². The molecule has 0 saturated heterocycles. The number of amides is 1. The van der Waals surface area contributed by atoms with Crippen LogP contribution in [0.25, 0.3) is 0 Å². The van der Waals surface area contributed by atoms with E-state index in [1.165, 1.54) is 0 Å². The summed E-state index contributed by atoms with van der Waals surface area (Å²) in [5, 5.41) is 0. The third-order valence-electron chi connectivity index (χ3n) is 3.62. The Labute approximate surface area is 116 Å². The highest BCUT2D eigenvalue weighted by Crippen LogP contribution is 2.26. The summed E-state index contributed by atoms with van der Waals surface area (Å²) in [6.45, 7) is 9.74. The van der Waals surface area contributed by atoms with Crippen molar-refractivity contribution in [2.24, 2.45) is 0 Å². The Bertz CT molecular complexity index is 409. The van der Waals surface area contributed by atoms with E-state index in [4.69, 9.17) is 5.73 Å². The fourth-order valence-electron chi connectivity index (χ4n) is 2.17. The molecule has 0 aliphatic carbocycles. The Kier molecular flexibility index (Phi) is 5.40. The molecule has 0 aromatic heterocycles. The number of nitrogen functional groups attached to an aromatic ring is 1. The lowest BCUT2D eigenvalue weighted by Gasteiger charge is -2.31. The van der Waals surface area contributed by atoms with Crippen molar-refractivity contribution in [3.63, 3.8) is 0 Å². The normalized spacial score (nSPS) is 11.4. The van der Waals surface area contributed by atoms with Gasteiger partial charge >= 0.3 is 0 Å². The van der Waals surface area contributed by atoms with E-state index in [1.807, 2.05) is 49.9 Å². The fourth-order valence-corrected chi connectivity index (χ4v) is 2.17. The molecular weight excluding hydrogens is 236 g/mol. The van der Waals surface area contributed by atoms with Crippen molar-refractivity contribution in [1.82, 2.24) is 4.90 Å². The molecule has 0 saturated carbocycles. The van der Waals surface area contributed by atoms with E-state index in [9.17, 15) is 4.79 Å². The molecule has 1 aromatic carbocycles. The Morgan fingerprint density at radius 1 is 1.21 bits per heavy atom. The quantitative estimate of drug-likeness (QED) is 0.800. The summed E-state index contributed by atoms with van der Waals surface area (Å²) in [6.07, 6.45) is 2.16. The third-order valence-corrected chi connectivity index (χ3v) is 3.62. The zero-order valence-corrected chi connectivity index (χ0v) is 12.6. The Hall–Kier alpha value is -1.51. The molecular formula is C16H26N2O. The molecule has 2 N–H and O–H groups in total. The standard InChI is InChI=1S/C16H26N2O/c1-5-7-12-18(6-2)15(19)16(3,4)13-8-10-14(17)11-9-13/h8-11H,5-7,12,17H2,1-4H3. The molecule has 0 atom stereocenters. The summed E-state index contributed by atoms with van der Waals surface area (Å²) >= 11 is 0. The summed E-state index contributed by atoms with van der Waals surface area (Å²) in [4.78, 5) is 14.6. The monoisotopic (exact) mass is 262 g/mol. The van der Waals surface area contributed by atoms with Gasteiger partial charge in [-0.05, 0) is 44.9 Å². The van der Waals surface area contributed by atoms with Gasteiger partial charge < -0.3 is 10.6 Å². The second-order valence-corrected chi connectivity index (χ2v) is 5.49. The van der Waals surface area contributed by atoms with Gasteiger partial charge in [0.25, 0.3) is 0 Å². The van der Waals surface area contributed by atoms with Gasteiger partial charge in [0, 0.05) is 18.8 Å². The number of nitrogens with two attached hydrogens (primary N) is 1. The van der Waals surface area contributed by atoms with Crippen LogP contribution in [-0.4, -0.2) is 23.9 Å². The van der Waals surface area contributed by atoms with Crippen LogP contribution in [0.5, 0.6) is 0 Å². The largest absolute Gasteiger partial charge is 0.399 e. The SMILES string of the molecule is CCCCN(CC)C(=O)C(C)(C)c1ccc(N)cc1. The molecule has 0 spiro atoms. The van der Waals surface area contributed by atoms with Gasteiger partial charge in [0.2, 0.25) is 5.91 Å². The van der Waals surface area contributed by atoms with Crippen LogP contribution in [0.1, 0.15) is 46.1 Å². The molecule has 3 heteroatoms. The van der Waals surface area contributed by atoms with Gasteiger partial charge in [-0.1, -0.05) is 25.5 Å². The minimum atomic E-state index is -0.503. The predicted octanol–water partition coefficient (Wildman–Crippen LogP) is 3.20. The highest BCUT2D eigenvalue weighted by Gasteiger charge is 2.32. The number of carbonyl (C=O) groups is 1. The van der Waals surface area contributed by atoms with E-state index < -0.39 is 5.41 Å². The van der Waals surface area contributed by atoms with Crippen LogP contribution in [0, 0.1) is 0 Å². The second kappa shape index (κ2) is 6.60. The zero-order valence-electron chi connectivity index (χ0n) is 12.6. The number of hydrogen-bond donors (Lipinski definition) is 1. The molecule has 0 unspecified atom stereocenters. The molecule has 1 aromatic rings. The smallest absolute Gasteiger partial charge is 0.232 e. The average molecular weight is 262 g/mol. The summed E-state index contributed by atoms with van der Waals surface area (Å²) in [7, 11) is 0. The molecule has 106 valence electrons. The van der Waals surface area contributed by atoms with Crippen LogP contribution in [0.15, 0.2) is 24.3 Å². The Balaban J connectivity index is 2.90. The minimum Gasteiger partial charge on any atom is -0.399 e. The van der Waals surface area contributed by atoms with E-state index in [0.29, 0.717) is 0 Å². The molecule has 0 bridgehead atoms. The topological polar surface area (TPSA) is 46.3 Å². The fraction of sp³-hybridized carbons (Fsp3) is 0.562. The number of carbonyl (C=O) groups excluding carboxylic acids is 1. The first kappa shape index (κ1) is 15.5. The molecule has 0 fully saturated rings. The Morgan fingerprint density at radius 2 is 1.79 bits per heavy atom. The van der Waals surface area contributed by atoms with Crippen LogP contribution >= 0.6 is 0 Å². The first-order chi connectivity index (χ1) is 8.93. The molecule has 0 radical (unpaired) electrons. The molecule has 0 aliphatic heterocycles. The van der Waals surface area contributed by atoms with E-state index in [-0.39, 0.29) is 5.91 Å². The molecule has 3 nitrogen and oxygen atoms in total. The van der Waals surface area contributed by atoms with Gasteiger partial charge in [-0.15, -0.1) is 0 Å². The summed E-state index contributed by atoms with van der Waals surface area (Å²) < 4.78 is 0. The van der Waals surface area contributed by atoms with Gasteiger partial charge in [-0.3, -0.25) is 4.79 Å². The first-order valence-electron chi connectivity index (χ1n) is 7.08. The van der Waals surface area contributed by atoms with Gasteiger partial charge in [0.05, 0.1) is 5.41 Å². The minimum absolute atomic E-state index is 0.188. The lowest BCUT2D eigenvalue weighted by Crippen LogP contribution is -2.43. The molecule has 1 rings (SSSR count). The van der Waals surface area contributed by atoms with Crippen LogP contribution in [0.3, 0.4) is 0 Å². The average Bonchev–Trinajstić information content (AvgIpc) is 2.39. The van der Waals surface area contributed by atoms with Gasteiger partial charge in [0.1, 0.15) is 0 Å². The number of benzene rings is 1. The third kappa shape index (κ3) is 3.72. The Morgan fingerprint density at radius 3 is 2.26 bits per heavy atom. The lowest BCUT2D eigenvalue weighted by molar-refractivity contribution is -0.136. The highest BCUT2D eigenvalue weighted by atomic mass is 16.2. The second-order valence-electron chi connectivity index (χ2n) is 5.49. The number of nitrogens with zero attached hydrogens (tertiary/aromatic N) is 1. The van der Waals surface area contributed by atoms with Crippen molar-refractivity contribution >= 4 is 11.6 Å². The van der Waals surface area contributed by atoms with Crippen molar-refractivity contribution in [2.75, 3.05) is 18.8 Å². The summed E-state index contributed by atoms with van der Waals surface area (Å²) in [5.74, 6) is 0.188. The van der Waals surface area contributed by atoms with Crippen LogP contribution < -0.4 is 5.73 Å². The van der Waals surface area contributed by atoms with Crippen molar-refractivity contribution < 1.29 is 4.79 Å². The van der Waals surface area contributed by atoms with E-state index >= 15 is 0 Å². The van der Waals surface area contributed by atoms with Gasteiger partial charge in [-0.25, -0.2) is 0 Å². The van der Waals surface area contributed by atoms with E-state index in [2.05, 4.69) is 6.92 Å². The first-order valence-corrected chi connectivity index (χ1v) is 7.08. The maximum atomic E-state index is 12.7. The molecule has 0 aliphatic rings. The maximum absolute atomic E-state index is 12.7. The summed E-state index contributed by atoms with van der Waals surface area (Å²) in [6, 6.07) is 7.60. The molecule has 0 heterocycles. The van der Waals surface area contributed by atoms with Crippen LogP contribution in [0.4, 0.5) is 5.69 Å². The molecule has 19 heavy (non-hydrogen) atoms. The van der Waals surface area contributed by atoms with Crippen LogP contribution in [0.2, 0.25) is 0 Å². The van der Waals surface area contributed by atoms with Crippen molar-refractivity contribution in [1.29, 1.82) is 0 Å². The highest BCUT2D eigenvalue weighted by molar-refractivity contribution is 5.87. The van der Waals surface area contributed by atoms with Crippen molar-refractivity contribution in [2.45, 2.75) is 46.0 Å². The lowest BCUT2D eigenvalue weighted by atomic mass is 9.83.